The molecule has 0 bridgehead atoms. The highest BCUT2D eigenvalue weighted by molar-refractivity contribution is 8.00. The summed E-state index contributed by atoms with van der Waals surface area (Å²) in [4.78, 5) is 40.8. The number of anilines is 2. The molecule has 4 aromatic carbocycles. The molecule has 232 valence electrons. The fourth-order valence-corrected chi connectivity index (χ4v) is 5.84. The summed E-state index contributed by atoms with van der Waals surface area (Å²) in [5.74, 6) is -0.510. The summed E-state index contributed by atoms with van der Waals surface area (Å²) >= 11 is 1.45. The summed E-state index contributed by atoms with van der Waals surface area (Å²) in [7, 11) is 0. The molecule has 0 radical (unpaired) electrons. The van der Waals surface area contributed by atoms with Crippen LogP contribution in [0, 0.1) is 6.92 Å². The van der Waals surface area contributed by atoms with Crippen molar-refractivity contribution in [3.63, 3.8) is 0 Å². The Labute approximate surface area is 270 Å². The lowest BCUT2D eigenvalue weighted by Gasteiger charge is -2.18. The number of amides is 3. The van der Waals surface area contributed by atoms with E-state index in [4.69, 9.17) is 0 Å². The van der Waals surface area contributed by atoms with Crippen LogP contribution in [0.4, 0.5) is 11.4 Å². The maximum Gasteiger partial charge on any atom is 0.272 e. The molecule has 6 nitrogen and oxygen atoms in total. The highest BCUT2D eigenvalue weighted by Crippen LogP contribution is 2.30. The van der Waals surface area contributed by atoms with Crippen LogP contribution >= 0.6 is 11.8 Å². The molecule has 0 fully saturated rings. The van der Waals surface area contributed by atoms with Crippen LogP contribution in [0.3, 0.4) is 0 Å². The predicted molar refractivity (Wildman–Crippen MR) is 187 cm³/mol. The molecule has 7 heteroatoms. The van der Waals surface area contributed by atoms with Crippen LogP contribution in [0.1, 0.15) is 72.6 Å². The molecule has 1 atom stereocenters. The van der Waals surface area contributed by atoms with E-state index in [9.17, 15) is 14.4 Å². The fraction of sp³-hybridized carbons (Fsp3) is 0.237. The molecule has 0 aromatic heterocycles. The molecule has 0 saturated carbocycles. The van der Waals surface area contributed by atoms with Crippen LogP contribution < -0.4 is 16.0 Å². The van der Waals surface area contributed by atoms with E-state index in [-0.39, 0.29) is 22.8 Å². The van der Waals surface area contributed by atoms with Crippen molar-refractivity contribution in [2.24, 2.45) is 0 Å². The van der Waals surface area contributed by atoms with E-state index in [1.54, 1.807) is 36.4 Å². The molecule has 0 saturated heterocycles. The minimum Gasteiger partial charge on any atom is -0.325 e. The number of carbonyl (C=O) groups is 3. The zero-order valence-electron chi connectivity index (χ0n) is 26.5. The Kier molecular flexibility index (Phi) is 11.8. The summed E-state index contributed by atoms with van der Waals surface area (Å²) in [6, 6.07) is 30.1. The fourth-order valence-electron chi connectivity index (χ4n) is 4.82. The summed E-state index contributed by atoms with van der Waals surface area (Å²) in [5.41, 5.74) is 6.12. The van der Waals surface area contributed by atoms with Crippen molar-refractivity contribution < 1.29 is 14.4 Å². The molecule has 4 rings (SSSR count). The van der Waals surface area contributed by atoms with Crippen LogP contribution in [0.2, 0.25) is 0 Å². The van der Waals surface area contributed by atoms with E-state index in [2.05, 4.69) is 36.7 Å². The van der Waals surface area contributed by atoms with Crippen molar-refractivity contribution in [3.8, 4) is 0 Å². The number of nitrogens with one attached hydrogen (secondary N) is 3. The SMILES string of the molecule is CCc1cccc(C)c1NC(=O)C(CC)Sc1cccc(NC(=O)/C(=C\c2ccc(C(C)C)cc2)NC(=O)c2ccccc2)c1. The lowest BCUT2D eigenvalue weighted by Crippen LogP contribution is -2.30. The molecular formula is C38H41N3O3S. The van der Waals surface area contributed by atoms with Gasteiger partial charge in [-0.1, -0.05) is 94.4 Å². The first-order valence-electron chi connectivity index (χ1n) is 15.3. The molecule has 45 heavy (non-hydrogen) atoms. The third-order valence-corrected chi connectivity index (χ3v) is 8.82. The average Bonchev–Trinajstić information content (AvgIpc) is 3.04. The van der Waals surface area contributed by atoms with E-state index in [0.29, 0.717) is 23.6 Å². The molecule has 4 aromatic rings. The van der Waals surface area contributed by atoms with Crippen molar-refractivity contribution in [1.82, 2.24) is 5.32 Å². The first-order valence-corrected chi connectivity index (χ1v) is 16.2. The number of aryl methyl sites for hydroxylation is 2. The van der Waals surface area contributed by atoms with Crippen LogP contribution in [0.15, 0.2) is 108 Å². The normalized spacial score (nSPS) is 12.0. The van der Waals surface area contributed by atoms with Gasteiger partial charge >= 0.3 is 0 Å². The Hall–Kier alpha value is -4.62. The largest absolute Gasteiger partial charge is 0.325 e. The van der Waals surface area contributed by atoms with Gasteiger partial charge in [0, 0.05) is 21.8 Å². The maximum atomic E-state index is 13.6. The third-order valence-electron chi connectivity index (χ3n) is 7.46. The summed E-state index contributed by atoms with van der Waals surface area (Å²) in [5, 5.41) is 8.56. The lowest BCUT2D eigenvalue weighted by molar-refractivity contribution is -0.116. The van der Waals surface area contributed by atoms with Crippen LogP contribution in [-0.4, -0.2) is 23.0 Å². The van der Waals surface area contributed by atoms with E-state index >= 15 is 0 Å². The predicted octanol–water partition coefficient (Wildman–Crippen LogP) is 8.60. The quantitative estimate of drug-likeness (QED) is 0.109. The number of para-hydroxylation sites is 1. The second kappa shape index (κ2) is 15.9. The van der Waals surface area contributed by atoms with Crippen LogP contribution in [0.25, 0.3) is 6.08 Å². The van der Waals surface area contributed by atoms with Crippen molar-refractivity contribution in [2.75, 3.05) is 10.6 Å². The Morgan fingerprint density at radius 2 is 1.53 bits per heavy atom. The Balaban J connectivity index is 1.52. The summed E-state index contributed by atoms with van der Waals surface area (Å²) < 4.78 is 0. The third kappa shape index (κ3) is 9.19. The maximum absolute atomic E-state index is 13.6. The van der Waals surface area contributed by atoms with E-state index in [0.717, 1.165) is 33.7 Å². The summed E-state index contributed by atoms with van der Waals surface area (Å²) in [6.45, 7) is 10.3. The van der Waals surface area contributed by atoms with Gasteiger partial charge < -0.3 is 16.0 Å². The number of benzene rings is 4. The van der Waals surface area contributed by atoms with Gasteiger partial charge in [0.25, 0.3) is 11.8 Å². The Morgan fingerprint density at radius 3 is 2.20 bits per heavy atom. The van der Waals surface area contributed by atoms with Crippen LogP contribution in [0.5, 0.6) is 0 Å². The molecule has 0 aliphatic carbocycles. The standard InChI is InChI=1S/C38H41N3O3S/c1-6-28-16-11-13-26(5)35(28)41-38(44)34(7-2)45-32-18-12-17-31(24-32)39-37(43)33(40-36(42)30-14-9-8-10-15-30)23-27-19-21-29(22-20-27)25(3)4/h8-25,34H,6-7H2,1-5H3,(H,39,43)(H,40,42)(H,41,44)/b33-23+. The molecule has 1 unspecified atom stereocenters. The number of thioether (sulfide) groups is 1. The minimum absolute atomic E-state index is 0.0572. The van der Waals surface area contributed by atoms with Gasteiger partial charge in [-0.25, -0.2) is 0 Å². The highest BCUT2D eigenvalue weighted by atomic mass is 32.2. The number of hydrogen-bond acceptors (Lipinski definition) is 4. The van der Waals surface area contributed by atoms with Gasteiger partial charge in [0.05, 0.1) is 5.25 Å². The highest BCUT2D eigenvalue weighted by Gasteiger charge is 2.21. The van der Waals surface area contributed by atoms with Gasteiger partial charge in [-0.2, -0.15) is 0 Å². The first kappa shape index (κ1) is 33.3. The van der Waals surface area contributed by atoms with E-state index in [1.165, 1.54) is 17.3 Å². The smallest absolute Gasteiger partial charge is 0.272 e. The molecule has 3 amide bonds. The summed E-state index contributed by atoms with van der Waals surface area (Å²) in [6.07, 6.45) is 3.13. The molecule has 0 spiro atoms. The molecule has 3 N–H and O–H groups in total. The van der Waals surface area contributed by atoms with Crippen molar-refractivity contribution in [3.05, 3.63) is 131 Å². The van der Waals surface area contributed by atoms with E-state index < -0.39 is 5.91 Å². The number of rotatable bonds is 12. The zero-order chi connectivity index (χ0) is 32.3. The molecule has 0 aliphatic heterocycles. The Morgan fingerprint density at radius 1 is 0.822 bits per heavy atom. The van der Waals surface area contributed by atoms with Crippen LogP contribution in [-0.2, 0) is 16.0 Å². The van der Waals surface area contributed by atoms with Gasteiger partial charge in [0.2, 0.25) is 5.91 Å². The second-order valence-electron chi connectivity index (χ2n) is 11.1. The topological polar surface area (TPSA) is 87.3 Å². The number of carbonyl (C=O) groups excluding carboxylic acids is 3. The van der Waals surface area contributed by atoms with Gasteiger partial charge in [-0.3, -0.25) is 14.4 Å². The lowest BCUT2D eigenvalue weighted by atomic mass is 10.0. The second-order valence-corrected chi connectivity index (χ2v) is 12.4. The molecular weight excluding hydrogens is 579 g/mol. The zero-order valence-corrected chi connectivity index (χ0v) is 27.3. The van der Waals surface area contributed by atoms with Gasteiger partial charge in [-0.15, -0.1) is 11.8 Å². The van der Waals surface area contributed by atoms with Crippen molar-refractivity contribution in [1.29, 1.82) is 0 Å². The van der Waals surface area contributed by atoms with Gasteiger partial charge in [-0.05, 0) is 84.3 Å². The average molecular weight is 620 g/mol. The minimum atomic E-state index is -0.453. The van der Waals surface area contributed by atoms with Crippen molar-refractivity contribution in [2.45, 2.75) is 63.5 Å². The monoisotopic (exact) mass is 619 g/mol. The van der Waals surface area contributed by atoms with Gasteiger partial charge in [0.1, 0.15) is 5.70 Å². The first-order chi connectivity index (χ1) is 21.7. The van der Waals surface area contributed by atoms with E-state index in [1.807, 2.05) is 80.6 Å². The molecule has 0 heterocycles. The molecule has 0 aliphatic rings. The number of hydrogen-bond donors (Lipinski definition) is 3. The van der Waals surface area contributed by atoms with Gasteiger partial charge in [0.15, 0.2) is 0 Å². The Bertz CT molecular complexity index is 1660. The van der Waals surface area contributed by atoms with Crippen molar-refractivity contribution >= 4 is 46.9 Å².